The first-order valence-corrected chi connectivity index (χ1v) is 8.24. The number of aryl methyl sites for hydroxylation is 1. The van der Waals surface area contributed by atoms with Crippen molar-refractivity contribution in [2.24, 2.45) is 11.1 Å². The molecule has 0 bridgehead atoms. The topological polar surface area (TPSA) is 127 Å². The highest BCUT2D eigenvalue weighted by atomic mass is 32.2. The van der Waals surface area contributed by atoms with Crippen molar-refractivity contribution in [2.45, 2.75) is 38.1 Å². The normalized spacial score (nSPS) is 13.0. The fraction of sp³-hybridized carbons (Fsp3) is 0.429. The Morgan fingerprint density at radius 2 is 1.91 bits per heavy atom. The minimum absolute atomic E-state index is 0.0524. The van der Waals surface area contributed by atoms with Crippen molar-refractivity contribution in [3.05, 3.63) is 29.3 Å². The highest BCUT2D eigenvalue weighted by Gasteiger charge is 2.25. The van der Waals surface area contributed by atoms with Crippen LogP contribution in [0.4, 0.5) is 0 Å². The molecule has 8 heteroatoms. The van der Waals surface area contributed by atoms with Gasteiger partial charge in [0.2, 0.25) is 10.0 Å². The van der Waals surface area contributed by atoms with E-state index in [9.17, 15) is 18.0 Å². The maximum atomic E-state index is 12.3. The fourth-order valence-corrected chi connectivity index (χ4v) is 2.71. The average Bonchev–Trinajstić information content (AvgIpc) is 2.35. The van der Waals surface area contributed by atoms with Crippen LogP contribution in [-0.4, -0.2) is 31.4 Å². The zero-order valence-corrected chi connectivity index (χ0v) is 13.5. The maximum absolute atomic E-state index is 12.3. The van der Waals surface area contributed by atoms with Crippen LogP contribution in [0.25, 0.3) is 0 Å². The number of carboxylic acids is 1. The van der Waals surface area contributed by atoms with Gasteiger partial charge in [-0.05, 0) is 31.4 Å². The summed E-state index contributed by atoms with van der Waals surface area (Å²) >= 11 is 0. The van der Waals surface area contributed by atoms with E-state index < -0.39 is 27.9 Å². The molecule has 0 radical (unpaired) electrons. The third kappa shape index (κ3) is 4.81. The van der Waals surface area contributed by atoms with Crippen LogP contribution in [0.15, 0.2) is 23.1 Å². The van der Waals surface area contributed by atoms with Crippen LogP contribution in [0.2, 0.25) is 0 Å². The first-order valence-electron chi connectivity index (χ1n) is 6.69. The smallest absolute Gasteiger partial charge is 0.326 e. The zero-order valence-electron chi connectivity index (χ0n) is 12.7. The number of rotatable bonds is 6. The lowest BCUT2D eigenvalue weighted by molar-refractivity contribution is -0.139. The van der Waals surface area contributed by atoms with E-state index in [1.165, 1.54) is 18.2 Å². The van der Waals surface area contributed by atoms with Gasteiger partial charge in [0, 0.05) is 0 Å². The van der Waals surface area contributed by atoms with Gasteiger partial charge in [0.25, 0.3) is 5.91 Å². The van der Waals surface area contributed by atoms with Crippen molar-refractivity contribution in [2.75, 3.05) is 0 Å². The molecule has 7 nitrogen and oxygen atoms in total. The van der Waals surface area contributed by atoms with E-state index in [-0.39, 0.29) is 22.8 Å². The standard InChI is InChI=1S/C14H20N2O5S/c1-8(2)6-11(14(18)19)16-13(17)10-7-9(3)4-5-12(10)22(15,20)21/h4-5,7-8,11H,6H2,1-3H3,(H,16,17)(H,18,19)(H2,15,20,21)/t11-/m1/s1. The Labute approximate surface area is 129 Å². The number of primary sulfonamides is 1. The highest BCUT2D eigenvalue weighted by Crippen LogP contribution is 2.17. The van der Waals surface area contributed by atoms with Gasteiger partial charge in [-0.2, -0.15) is 0 Å². The molecule has 0 aliphatic carbocycles. The average molecular weight is 328 g/mol. The molecule has 0 fully saturated rings. The van der Waals surface area contributed by atoms with Gasteiger partial charge >= 0.3 is 5.97 Å². The van der Waals surface area contributed by atoms with Crippen LogP contribution < -0.4 is 10.5 Å². The van der Waals surface area contributed by atoms with Crippen LogP contribution in [0.5, 0.6) is 0 Å². The molecule has 122 valence electrons. The Bertz CT molecular complexity index is 682. The van der Waals surface area contributed by atoms with Gasteiger partial charge in [-0.3, -0.25) is 4.79 Å². The number of carboxylic acid groups (broad SMARTS) is 1. The molecule has 0 heterocycles. The van der Waals surface area contributed by atoms with Crippen LogP contribution in [-0.2, 0) is 14.8 Å². The van der Waals surface area contributed by atoms with Gasteiger partial charge in [0.1, 0.15) is 6.04 Å². The quantitative estimate of drug-likeness (QED) is 0.714. The molecule has 0 spiro atoms. The van der Waals surface area contributed by atoms with Crippen molar-refractivity contribution in [1.29, 1.82) is 0 Å². The van der Waals surface area contributed by atoms with Gasteiger partial charge in [-0.25, -0.2) is 18.4 Å². The molecule has 0 unspecified atom stereocenters. The lowest BCUT2D eigenvalue weighted by atomic mass is 10.0. The number of hydrogen-bond donors (Lipinski definition) is 3. The highest BCUT2D eigenvalue weighted by molar-refractivity contribution is 7.89. The minimum atomic E-state index is -4.08. The Balaban J connectivity index is 3.17. The number of nitrogens with two attached hydrogens (primary N) is 1. The van der Waals surface area contributed by atoms with E-state index in [2.05, 4.69) is 5.32 Å². The molecule has 4 N–H and O–H groups in total. The second-order valence-electron chi connectivity index (χ2n) is 5.54. The lowest BCUT2D eigenvalue weighted by Crippen LogP contribution is -2.42. The monoisotopic (exact) mass is 328 g/mol. The van der Waals surface area contributed by atoms with Gasteiger partial charge < -0.3 is 10.4 Å². The molecule has 1 aromatic rings. The SMILES string of the molecule is Cc1ccc(S(N)(=O)=O)c(C(=O)N[C@H](CC(C)C)C(=O)O)c1. The largest absolute Gasteiger partial charge is 0.480 e. The third-order valence-electron chi connectivity index (χ3n) is 3.00. The minimum Gasteiger partial charge on any atom is -0.480 e. The van der Waals surface area contributed by atoms with E-state index in [0.29, 0.717) is 5.56 Å². The molecule has 1 atom stereocenters. The summed E-state index contributed by atoms with van der Waals surface area (Å²) in [6.45, 7) is 5.33. The molecule has 1 rings (SSSR count). The molecule has 1 aromatic carbocycles. The molecule has 0 aliphatic rings. The van der Waals surface area contributed by atoms with Gasteiger partial charge in [0.15, 0.2) is 0 Å². The summed E-state index contributed by atoms with van der Waals surface area (Å²) < 4.78 is 23.1. The molecule has 0 aliphatic heterocycles. The first kappa shape index (κ1) is 18.1. The number of carbonyl (C=O) groups is 2. The van der Waals surface area contributed by atoms with Gasteiger partial charge in [-0.1, -0.05) is 25.5 Å². The molecular weight excluding hydrogens is 308 g/mol. The molecule has 0 saturated heterocycles. The van der Waals surface area contributed by atoms with Crippen LogP contribution in [0.1, 0.15) is 36.2 Å². The van der Waals surface area contributed by atoms with Crippen molar-refractivity contribution in [3.63, 3.8) is 0 Å². The summed E-state index contributed by atoms with van der Waals surface area (Å²) in [5.41, 5.74) is 0.505. The Morgan fingerprint density at radius 3 is 2.36 bits per heavy atom. The number of hydrogen-bond acceptors (Lipinski definition) is 4. The summed E-state index contributed by atoms with van der Waals surface area (Å²) in [6, 6.07) is 3.02. The zero-order chi connectivity index (χ0) is 17.1. The first-order chi connectivity index (χ1) is 10.0. The van der Waals surface area contributed by atoms with E-state index in [4.69, 9.17) is 10.2 Å². The number of nitrogens with one attached hydrogen (secondary N) is 1. The molecule has 1 amide bonds. The second kappa shape index (κ2) is 6.89. The molecule has 22 heavy (non-hydrogen) atoms. The van der Waals surface area contributed by atoms with Crippen molar-refractivity contribution >= 4 is 21.9 Å². The van der Waals surface area contributed by atoms with E-state index in [0.717, 1.165) is 0 Å². The number of sulfonamides is 1. The summed E-state index contributed by atoms with van der Waals surface area (Å²) in [7, 11) is -4.08. The second-order valence-corrected chi connectivity index (χ2v) is 7.07. The number of aliphatic carboxylic acids is 1. The molecule has 0 saturated carbocycles. The fourth-order valence-electron chi connectivity index (χ4n) is 2.00. The van der Waals surface area contributed by atoms with Crippen LogP contribution in [0, 0.1) is 12.8 Å². The summed E-state index contributed by atoms with van der Waals surface area (Å²) in [5.74, 6) is -1.90. The van der Waals surface area contributed by atoms with Gasteiger partial charge in [-0.15, -0.1) is 0 Å². The van der Waals surface area contributed by atoms with Crippen molar-refractivity contribution in [3.8, 4) is 0 Å². The predicted molar refractivity (Wildman–Crippen MR) is 80.9 cm³/mol. The summed E-state index contributed by atoms with van der Waals surface area (Å²) in [6.07, 6.45) is 0.234. The van der Waals surface area contributed by atoms with E-state index in [1.54, 1.807) is 6.92 Å². The van der Waals surface area contributed by atoms with Crippen molar-refractivity contribution < 1.29 is 23.1 Å². The summed E-state index contributed by atoms with van der Waals surface area (Å²) in [5, 5.41) is 16.6. The van der Waals surface area contributed by atoms with Crippen LogP contribution in [0.3, 0.4) is 0 Å². The molecular formula is C14H20N2O5S. The molecule has 0 aromatic heterocycles. The predicted octanol–water partition coefficient (Wildman–Crippen LogP) is 0.872. The third-order valence-corrected chi connectivity index (χ3v) is 3.97. The van der Waals surface area contributed by atoms with Gasteiger partial charge in [0.05, 0.1) is 10.5 Å². The maximum Gasteiger partial charge on any atom is 0.326 e. The lowest BCUT2D eigenvalue weighted by Gasteiger charge is -2.17. The summed E-state index contributed by atoms with van der Waals surface area (Å²) in [4.78, 5) is 23.1. The Hall–Kier alpha value is -1.93. The van der Waals surface area contributed by atoms with E-state index in [1.807, 2.05) is 13.8 Å². The van der Waals surface area contributed by atoms with Crippen molar-refractivity contribution in [1.82, 2.24) is 5.32 Å². The van der Waals surface area contributed by atoms with Crippen LogP contribution >= 0.6 is 0 Å². The number of carbonyl (C=O) groups excluding carboxylic acids is 1. The van der Waals surface area contributed by atoms with E-state index >= 15 is 0 Å². The number of benzene rings is 1. The Kier molecular flexibility index (Phi) is 5.67. The Morgan fingerprint density at radius 1 is 1.32 bits per heavy atom. The number of amides is 1.